The number of piperidine rings is 1. The van der Waals surface area contributed by atoms with Gasteiger partial charge in [0.05, 0.1) is 17.0 Å². The van der Waals surface area contributed by atoms with Crippen molar-refractivity contribution in [1.29, 1.82) is 0 Å². The van der Waals surface area contributed by atoms with E-state index in [0.717, 1.165) is 16.3 Å². The van der Waals surface area contributed by atoms with Crippen molar-refractivity contribution < 1.29 is 23.2 Å². The Balaban J connectivity index is 1.34. The van der Waals surface area contributed by atoms with Gasteiger partial charge in [0.15, 0.2) is 11.6 Å². The van der Waals surface area contributed by atoms with Crippen LogP contribution >= 0.6 is 11.6 Å². The van der Waals surface area contributed by atoms with Crippen LogP contribution in [-0.4, -0.2) is 66.4 Å². The number of nitrogens with zero attached hydrogens (tertiary/aromatic N) is 3. The van der Waals surface area contributed by atoms with Gasteiger partial charge < -0.3 is 9.74 Å². The molecule has 0 N–H and O–H groups in total. The Hall–Kier alpha value is -4.76. The summed E-state index contributed by atoms with van der Waals surface area (Å²) in [4.78, 5) is 42.3. The lowest BCUT2D eigenvalue weighted by Gasteiger charge is -2.55. The molecule has 4 aliphatic rings. The fraction of sp³-hybridized carbons (Fsp3) is 0.244. The molecule has 6 nitrogen and oxygen atoms in total. The van der Waals surface area contributed by atoms with Crippen LogP contribution in [0.25, 0.3) is 10.8 Å². The molecule has 5 aromatic carbocycles. The van der Waals surface area contributed by atoms with E-state index < -0.39 is 40.0 Å². The molecule has 9 heteroatoms. The van der Waals surface area contributed by atoms with Crippen LogP contribution in [0, 0.1) is 17.0 Å². The highest BCUT2D eigenvalue weighted by molar-refractivity contribution is 6.30. The quantitative estimate of drug-likeness (QED) is 0.199. The number of fused-ring (bicyclic) bond motifs is 2. The monoisotopic (exact) mass is 687 g/mol. The van der Waals surface area contributed by atoms with Gasteiger partial charge in [-0.15, -0.1) is 0 Å². The van der Waals surface area contributed by atoms with E-state index >= 15 is 18.4 Å². The number of oxime groups is 1. The van der Waals surface area contributed by atoms with Crippen molar-refractivity contribution >= 4 is 39.7 Å². The molecule has 9 rings (SSSR count). The molecule has 50 heavy (non-hydrogen) atoms. The zero-order chi connectivity index (χ0) is 34.6. The van der Waals surface area contributed by atoms with Crippen molar-refractivity contribution in [3.63, 3.8) is 0 Å². The van der Waals surface area contributed by atoms with Crippen LogP contribution in [0.4, 0.5) is 8.78 Å². The Morgan fingerprint density at radius 1 is 0.820 bits per heavy atom. The number of carbonyl (C=O) groups is 2. The van der Waals surface area contributed by atoms with Gasteiger partial charge >= 0.3 is 0 Å². The van der Waals surface area contributed by atoms with E-state index in [2.05, 4.69) is 5.16 Å². The van der Waals surface area contributed by atoms with Crippen molar-refractivity contribution in [1.82, 2.24) is 9.80 Å². The SMILES string of the molecule is CN1CC2(ON=C(c3ccc(Cl)cc3)[C@@H]2c2cccc(F)c2)C(=O)[C@]2(C1)[C@@H](c1cccc(F)c1)CN(C)[C@@]21C(=O)c2cccc3cccc1c23. The zero-order valence-electron chi connectivity index (χ0n) is 27.4. The van der Waals surface area contributed by atoms with Crippen molar-refractivity contribution in [2.45, 2.75) is 23.0 Å². The minimum atomic E-state index is -1.68. The number of likely N-dealkylation sites (N-methyl/N-ethyl adjacent to an activating group) is 2. The predicted molar refractivity (Wildman–Crippen MR) is 188 cm³/mol. The van der Waals surface area contributed by atoms with E-state index in [1.54, 1.807) is 42.5 Å². The Morgan fingerprint density at radius 2 is 1.48 bits per heavy atom. The van der Waals surface area contributed by atoms with Crippen molar-refractivity contribution in [3.05, 3.63) is 154 Å². The molecule has 0 amide bonds. The first-order chi connectivity index (χ1) is 24.1. The first-order valence-electron chi connectivity index (χ1n) is 16.7. The van der Waals surface area contributed by atoms with Gasteiger partial charge in [0.1, 0.15) is 17.2 Å². The van der Waals surface area contributed by atoms with Crippen LogP contribution in [-0.2, 0) is 15.2 Å². The third-order valence-corrected chi connectivity index (χ3v) is 11.8. The van der Waals surface area contributed by atoms with E-state index in [-0.39, 0.29) is 24.7 Å². The first kappa shape index (κ1) is 31.2. The Morgan fingerprint density at radius 3 is 2.20 bits per heavy atom. The Labute approximate surface area is 292 Å². The van der Waals surface area contributed by atoms with Crippen LogP contribution in [0.1, 0.15) is 44.4 Å². The number of rotatable bonds is 3. The topological polar surface area (TPSA) is 62.2 Å². The normalized spacial score (nSPS) is 29.1. The molecule has 0 radical (unpaired) electrons. The van der Waals surface area contributed by atoms with Crippen molar-refractivity contribution in [3.8, 4) is 0 Å². The fourth-order valence-corrected chi connectivity index (χ4v) is 10.0. The Kier molecular flexibility index (Phi) is 6.79. The number of halogens is 3. The zero-order valence-corrected chi connectivity index (χ0v) is 28.1. The van der Waals surface area contributed by atoms with Crippen LogP contribution in [0.2, 0.25) is 5.02 Å². The number of hydrogen-bond acceptors (Lipinski definition) is 6. The average Bonchev–Trinajstić information content (AvgIpc) is 3.69. The van der Waals surface area contributed by atoms with Gasteiger partial charge in [-0.2, -0.15) is 0 Å². The minimum Gasteiger partial charge on any atom is -0.378 e. The molecular formula is C41H32ClF2N3O3. The van der Waals surface area contributed by atoms with Crippen LogP contribution in [0.5, 0.6) is 0 Å². The highest BCUT2D eigenvalue weighted by Crippen LogP contribution is 2.67. The van der Waals surface area contributed by atoms with Gasteiger partial charge in [0, 0.05) is 41.7 Å². The summed E-state index contributed by atoms with van der Waals surface area (Å²) in [5.41, 5.74) is -1.09. The molecular weight excluding hydrogens is 656 g/mol. The molecule has 5 aromatic rings. The van der Waals surface area contributed by atoms with Crippen LogP contribution in [0.15, 0.2) is 114 Å². The number of likely N-dealkylation sites (tertiary alicyclic amines) is 2. The summed E-state index contributed by atoms with van der Waals surface area (Å²) in [6, 6.07) is 31.1. The summed E-state index contributed by atoms with van der Waals surface area (Å²) in [6.07, 6.45) is 0. The summed E-state index contributed by atoms with van der Waals surface area (Å²) in [6.45, 7) is 0.603. The third kappa shape index (κ3) is 3.92. The lowest BCUT2D eigenvalue weighted by molar-refractivity contribution is -0.173. The molecule has 3 spiro atoms. The second-order valence-electron chi connectivity index (χ2n) is 14.2. The van der Waals surface area contributed by atoms with E-state index in [0.29, 0.717) is 39.5 Å². The number of hydrogen-bond donors (Lipinski definition) is 0. The molecule has 0 aromatic heterocycles. The molecule has 2 saturated heterocycles. The number of ketones is 2. The maximum absolute atomic E-state index is 16.4. The van der Waals surface area contributed by atoms with Crippen LogP contribution in [0.3, 0.4) is 0 Å². The van der Waals surface area contributed by atoms with E-state index in [1.165, 1.54) is 24.3 Å². The predicted octanol–water partition coefficient (Wildman–Crippen LogP) is 7.35. The first-order valence-corrected chi connectivity index (χ1v) is 17.0. The molecule has 1 unspecified atom stereocenters. The molecule has 250 valence electrons. The molecule has 3 heterocycles. The average molecular weight is 688 g/mol. The highest BCUT2D eigenvalue weighted by Gasteiger charge is 2.79. The Bertz CT molecular complexity index is 2290. The second kappa shape index (κ2) is 10.9. The number of Topliss-reactive ketones (excluding diaryl/α,β-unsaturated/α-hetero) is 2. The smallest absolute Gasteiger partial charge is 0.220 e. The molecule has 1 aliphatic carbocycles. The van der Waals surface area contributed by atoms with Gasteiger partial charge in [-0.3, -0.25) is 14.5 Å². The van der Waals surface area contributed by atoms with Crippen molar-refractivity contribution in [2.24, 2.45) is 10.6 Å². The van der Waals surface area contributed by atoms with Gasteiger partial charge in [-0.05, 0) is 78.0 Å². The molecule has 2 fully saturated rings. The summed E-state index contributed by atoms with van der Waals surface area (Å²) in [5.74, 6) is -2.86. The third-order valence-electron chi connectivity index (χ3n) is 11.6. The maximum atomic E-state index is 16.4. The largest absolute Gasteiger partial charge is 0.378 e. The summed E-state index contributed by atoms with van der Waals surface area (Å²) >= 11 is 6.27. The molecule has 5 atom stereocenters. The lowest BCUT2D eigenvalue weighted by Crippen LogP contribution is -2.72. The molecule has 0 bridgehead atoms. The summed E-state index contributed by atoms with van der Waals surface area (Å²) in [7, 11) is 3.79. The van der Waals surface area contributed by atoms with Gasteiger partial charge in [0.2, 0.25) is 5.60 Å². The minimum absolute atomic E-state index is 0.121. The second-order valence-corrected chi connectivity index (χ2v) is 14.6. The van der Waals surface area contributed by atoms with Gasteiger partial charge in [0.25, 0.3) is 0 Å². The molecule has 0 saturated carbocycles. The lowest BCUT2D eigenvalue weighted by atomic mass is 9.52. The highest BCUT2D eigenvalue weighted by atomic mass is 35.5. The number of carbonyl (C=O) groups excluding carboxylic acids is 2. The van der Waals surface area contributed by atoms with Crippen LogP contribution < -0.4 is 0 Å². The van der Waals surface area contributed by atoms with Gasteiger partial charge in [-0.1, -0.05) is 89.6 Å². The van der Waals surface area contributed by atoms with Gasteiger partial charge in [-0.25, -0.2) is 8.78 Å². The summed E-state index contributed by atoms with van der Waals surface area (Å²) < 4.78 is 30.2. The van der Waals surface area contributed by atoms with E-state index in [4.69, 9.17) is 16.4 Å². The van der Waals surface area contributed by atoms with E-state index in [1.807, 2.05) is 66.4 Å². The summed E-state index contributed by atoms with van der Waals surface area (Å²) in [5, 5.41) is 6.87. The van der Waals surface area contributed by atoms with E-state index in [9.17, 15) is 0 Å². The maximum Gasteiger partial charge on any atom is 0.220 e. The molecule has 3 aliphatic heterocycles. The fourth-order valence-electron chi connectivity index (χ4n) is 9.90. The standard InChI is InChI=1S/C41H32ClF2N3O3/c1-46-22-39(38(49)40(23-46)35(27-10-4-12-30(44)20-27)36(45-50-40)25-15-17-28(42)18-16-25)33(26-9-3-11-29(43)19-26)21-47(2)41(39)32-14-6-8-24-7-5-13-31(34(24)32)37(41)48/h3-20,33,35H,21-23H2,1-2H3/t33-,35+,39+,40?,41+/m1/s1. The number of benzene rings is 5. The van der Waals surface area contributed by atoms with Crippen molar-refractivity contribution in [2.75, 3.05) is 33.7 Å².